The van der Waals surface area contributed by atoms with E-state index in [0.717, 1.165) is 12.8 Å². The summed E-state index contributed by atoms with van der Waals surface area (Å²) < 4.78 is 0. The number of rotatable bonds is 4. The van der Waals surface area contributed by atoms with E-state index >= 15 is 0 Å². The van der Waals surface area contributed by atoms with E-state index in [2.05, 4.69) is 5.32 Å². The summed E-state index contributed by atoms with van der Waals surface area (Å²) in [5, 5.41) is 20.9. The molecule has 3 N–H and O–H groups in total. The van der Waals surface area contributed by atoms with Gasteiger partial charge in [0, 0.05) is 12.1 Å². The third-order valence-electron chi connectivity index (χ3n) is 2.48. The molecule has 0 spiro atoms. The highest BCUT2D eigenvalue weighted by Gasteiger charge is 2.31. The fraction of sp³-hybridized carbons (Fsp3) is 1.00. The minimum atomic E-state index is -0.0667. The minimum absolute atomic E-state index is 0.0667. The molecule has 0 bridgehead atoms. The average molecular weight is 159 g/mol. The monoisotopic (exact) mass is 159 g/mol. The second-order valence-electron chi connectivity index (χ2n) is 3.30. The van der Waals surface area contributed by atoms with Crippen LogP contribution in [0.4, 0.5) is 0 Å². The Morgan fingerprint density at radius 3 is 2.27 bits per heavy atom. The molecule has 0 aromatic carbocycles. The molecule has 0 aliphatic heterocycles. The zero-order valence-electron chi connectivity index (χ0n) is 6.84. The fourth-order valence-electron chi connectivity index (χ4n) is 1.76. The molecule has 1 fully saturated rings. The van der Waals surface area contributed by atoms with Crippen LogP contribution in [0.15, 0.2) is 0 Å². The van der Waals surface area contributed by atoms with Crippen molar-refractivity contribution >= 4 is 0 Å². The summed E-state index contributed by atoms with van der Waals surface area (Å²) in [4.78, 5) is 0. The summed E-state index contributed by atoms with van der Waals surface area (Å²) in [7, 11) is 0. The number of β-amino-alcohol motifs (C(OH)–C–C–N with tert-alkyl or cyclic N) is 1. The first-order valence-electron chi connectivity index (χ1n) is 4.30. The molecule has 0 unspecified atom stereocenters. The van der Waals surface area contributed by atoms with Crippen LogP contribution in [-0.4, -0.2) is 35.5 Å². The molecule has 1 saturated carbocycles. The molecule has 1 aliphatic carbocycles. The molecule has 0 saturated heterocycles. The van der Waals surface area contributed by atoms with Crippen LogP contribution >= 0.6 is 0 Å². The average Bonchev–Trinajstić information content (AvgIpc) is 2.50. The Kier molecular flexibility index (Phi) is 3.30. The van der Waals surface area contributed by atoms with Gasteiger partial charge in [-0.15, -0.1) is 0 Å². The Bertz CT molecular complexity index is 111. The van der Waals surface area contributed by atoms with Gasteiger partial charge in [-0.2, -0.15) is 0 Å². The number of nitrogens with one attached hydrogen (secondary N) is 1. The first-order valence-corrected chi connectivity index (χ1v) is 4.30. The molecule has 0 aromatic rings. The topological polar surface area (TPSA) is 52.5 Å². The van der Waals surface area contributed by atoms with Gasteiger partial charge in [-0.1, -0.05) is 12.8 Å². The van der Waals surface area contributed by atoms with Gasteiger partial charge in [0.15, 0.2) is 0 Å². The van der Waals surface area contributed by atoms with Gasteiger partial charge in [0.2, 0.25) is 0 Å². The third-order valence-corrected chi connectivity index (χ3v) is 2.48. The maximum absolute atomic E-state index is 9.10. The predicted molar refractivity (Wildman–Crippen MR) is 43.4 cm³/mol. The first kappa shape index (κ1) is 8.97. The molecule has 11 heavy (non-hydrogen) atoms. The lowest BCUT2D eigenvalue weighted by Crippen LogP contribution is -2.47. The molecule has 0 atom stereocenters. The third kappa shape index (κ3) is 2.15. The molecule has 3 nitrogen and oxygen atoms in total. The molecule has 66 valence electrons. The Labute approximate surface area is 67.4 Å². The summed E-state index contributed by atoms with van der Waals surface area (Å²) in [5.74, 6) is 0. The van der Waals surface area contributed by atoms with Gasteiger partial charge in [0.1, 0.15) is 0 Å². The quantitative estimate of drug-likeness (QED) is 0.536. The fourth-order valence-corrected chi connectivity index (χ4v) is 1.76. The van der Waals surface area contributed by atoms with Crippen LogP contribution in [0.25, 0.3) is 0 Å². The van der Waals surface area contributed by atoms with E-state index in [1.807, 2.05) is 0 Å². The molecule has 0 heterocycles. The maximum atomic E-state index is 9.10. The Balaban J connectivity index is 2.33. The second kappa shape index (κ2) is 4.04. The van der Waals surface area contributed by atoms with Crippen molar-refractivity contribution in [2.75, 3.05) is 19.8 Å². The Morgan fingerprint density at radius 1 is 1.18 bits per heavy atom. The Morgan fingerprint density at radius 2 is 1.82 bits per heavy atom. The van der Waals surface area contributed by atoms with E-state index in [1.165, 1.54) is 12.8 Å². The number of hydrogen-bond donors (Lipinski definition) is 3. The van der Waals surface area contributed by atoms with E-state index in [9.17, 15) is 0 Å². The summed E-state index contributed by atoms with van der Waals surface area (Å²) in [6.07, 6.45) is 4.48. The van der Waals surface area contributed by atoms with Crippen LogP contribution in [0, 0.1) is 0 Å². The zero-order valence-corrected chi connectivity index (χ0v) is 6.84. The van der Waals surface area contributed by atoms with Crippen LogP contribution < -0.4 is 5.32 Å². The molecule has 0 aromatic heterocycles. The van der Waals surface area contributed by atoms with E-state index in [1.54, 1.807) is 0 Å². The van der Waals surface area contributed by atoms with E-state index in [4.69, 9.17) is 10.2 Å². The van der Waals surface area contributed by atoms with Crippen molar-refractivity contribution in [2.45, 2.75) is 31.2 Å². The largest absolute Gasteiger partial charge is 0.395 e. The summed E-state index contributed by atoms with van der Waals surface area (Å²) in [6, 6.07) is 0. The Hall–Kier alpha value is -0.120. The second-order valence-corrected chi connectivity index (χ2v) is 3.30. The van der Waals surface area contributed by atoms with Crippen molar-refractivity contribution in [1.29, 1.82) is 0 Å². The first-order chi connectivity index (χ1) is 5.33. The highest BCUT2D eigenvalue weighted by Crippen LogP contribution is 2.28. The highest BCUT2D eigenvalue weighted by atomic mass is 16.3. The van der Waals surface area contributed by atoms with Gasteiger partial charge in [-0.05, 0) is 12.8 Å². The summed E-state index contributed by atoms with van der Waals surface area (Å²) in [6.45, 7) is 0.954. The maximum Gasteiger partial charge on any atom is 0.0613 e. The van der Waals surface area contributed by atoms with Gasteiger partial charge in [0.25, 0.3) is 0 Å². The highest BCUT2D eigenvalue weighted by molar-refractivity contribution is 4.91. The van der Waals surface area contributed by atoms with Crippen molar-refractivity contribution in [3.8, 4) is 0 Å². The SMILES string of the molecule is OCCNC1(CO)CCCC1. The van der Waals surface area contributed by atoms with Crippen molar-refractivity contribution in [2.24, 2.45) is 0 Å². The molecular formula is C8H17NO2. The van der Waals surface area contributed by atoms with Gasteiger partial charge < -0.3 is 15.5 Å². The lowest BCUT2D eigenvalue weighted by molar-refractivity contribution is 0.154. The van der Waals surface area contributed by atoms with Crippen LogP contribution in [0.3, 0.4) is 0 Å². The van der Waals surface area contributed by atoms with Crippen molar-refractivity contribution in [3.63, 3.8) is 0 Å². The van der Waals surface area contributed by atoms with Crippen LogP contribution in [0.2, 0.25) is 0 Å². The van der Waals surface area contributed by atoms with Gasteiger partial charge in [0.05, 0.1) is 13.2 Å². The predicted octanol–water partition coefficient (Wildman–Crippen LogP) is -0.127. The lowest BCUT2D eigenvalue weighted by atomic mass is 9.99. The van der Waals surface area contributed by atoms with Crippen molar-refractivity contribution < 1.29 is 10.2 Å². The minimum Gasteiger partial charge on any atom is -0.395 e. The zero-order chi connectivity index (χ0) is 8.16. The van der Waals surface area contributed by atoms with E-state index in [-0.39, 0.29) is 18.8 Å². The van der Waals surface area contributed by atoms with Crippen LogP contribution in [0.1, 0.15) is 25.7 Å². The van der Waals surface area contributed by atoms with Crippen molar-refractivity contribution in [3.05, 3.63) is 0 Å². The smallest absolute Gasteiger partial charge is 0.0613 e. The van der Waals surface area contributed by atoms with Crippen LogP contribution in [0.5, 0.6) is 0 Å². The molecular weight excluding hydrogens is 142 g/mol. The standard InChI is InChI=1S/C8H17NO2/c10-6-5-9-8(7-11)3-1-2-4-8/h9-11H,1-7H2. The normalized spacial score (nSPS) is 22.4. The molecule has 0 amide bonds. The van der Waals surface area contributed by atoms with Gasteiger partial charge in [-0.3, -0.25) is 0 Å². The van der Waals surface area contributed by atoms with Gasteiger partial charge in [-0.25, -0.2) is 0 Å². The summed E-state index contributed by atoms with van der Waals surface area (Å²) >= 11 is 0. The number of hydrogen-bond acceptors (Lipinski definition) is 3. The molecule has 1 aliphatic rings. The molecule has 0 radical (unpaired) electrons. The lowest BCUT2D eigenvalue weighted by Gasteiger charge is -2.27. The summed E-state index contributed by atoms with van der Waals surface area (Å²) in [5.41, 5.74) is -0.0667. The van der Waals surface area contributed by atoms with Gasteiger partial charge >= 0.3 is 0 Å². The number of aliphatic hydroxyl groups is 2. The number of aliphatic hydroxyl groups excluding tert-OH is 2. The van der Waals surface area contributed by atoms with E-state index < -0.39 is 0 Å². The molecule has 3 heteroatoms. The molecule has 1 rings (SSSR count). The van der Waals surface area contributed by atoms with Crippen LogP contribution in [-0.2, 0) is 0 Å². The van der Waals surface area contributed by atoms with E-state index in [0.29, 0.717) is 6.54 Å². The van der Waals surface area contributed by atoms with Crippen molar-refractivity contribution in [1.82, 2.24) is 5.32 Å².